The molecule has 0 aliphatic carbocycles. The Morgan fingerprint density at radius 3 is 2.12 bits per heavy atom. The van der Waals surface area contributed by atoms with Gasteiger partial charge in [-0.15, -0.1) is 12.4 Å². The quantitative estimate of drug-likeness (QED) is 0.821. The first-order chi connectivity index (χ1) is 10.6. The van der Waals surface area contributed by atoms with Crippen molar-refractivity contribution in [1.82, 2.24) is 4.90 Å². The van der Waals surface area contributed by atoms with Gasteiger partial charge in [-0.05, 0) is 24.1 Å². The number of nitrogens with two attached hydrogens (primary N) is 1. The monoisotopic (exact) mass is 368 g/mol. The maximum absolute atomic E-state index is 12.2. The number of nitrogens with zero attached hydrogens (tertiary/aromatic N) is 1. The van der Waals surface area contributed by atoms with E-state index >= 15 is 0 Å². The van der Waals surface area contributed by atoms with E-state index in [4.69, 9.17) is 5.73 Å². The van der Waals surface area contributed by atoms with E-state index < -0.39 is 12.1 Å². The van der Waals surface area contributed by atoms with E-state index in [1.807, 2.05) is 48.5 Å². The third-order valence-corrected chi connectivity index (χ3v) is 3.64. The SMILES string of the molecule is CN(C[C@H](O)[C@H](N)Cc1ccccc1)C(=O)c1ccccc1.Cl.S. The van der Waals surface area contributed by atoms with Crippen molar-refractivity contribution < 1.29 is 9.90 Å². The van der Waals surface area contributed by atoms with Gasteiger partial charge in [-0.2, -0.15) is 13.5 Å². The minimum Gasteiger partial charge on any atom is -0.390 e. The highest BCUT2D eigenvalue weighted by molar-refractivity contribution is 7.59. The maximum Gasteiger partial charge on any atom is 0.253 e. The predicted molar refractivity (Wildman–Crippen MR) is 105 cm³/mol. The molecule has 0 saturated carbocycles. The van der Waals surface area contributed by atoms with E-state index in [0.717, 1.165) is 5.56 Å². The summed E-state index contributed by atoms with van der Waals surface area (Å²) in [6.07, 6.45) is -0.187. The van der Waals surface area contributed by atoms with E-state index in [1.165, 1.54) is 4.90 Å². The molecule has 0 bridgehead atoms. The number of hydrogen-bond acceptors (Lipinski definition) is 3. The van der Waals surface area contributed by atoms with E-state index in [1.54, 1.807) is 19.2 Å². The molecule has 2 aromatic rings. The summed E-state index contributed by atoms with van der Waals surface area (Å²) in [5.74, 6) is -0.119. The maximum atomic E-state index is 12.2. The highest BCUT2D eigenvalue weighted by atomic mass is 35.5. The van der Waals surface area contributed by atoms with E-state index in [0.29, 0.717) is 12.0 Å². The number of carbonyl (C=O) groups is 1. The molecule has 0 aromatic heterocycles. The van der Waals surface area contributed by atoms with Crippen LogP contribution >= 0.6 is 25.9 Å². The molecule has 0 aliphatic heterocycles. The Balaban J connectivity index is 0.00000264. The first-order valence-corrected chi connectivity index (χ1v) is 7.36. The zero-order valence-corrected chi connectivity index (χ0v) is 15.4. The standard InChI is InChI=1S/C18H22N2O2.ClH.H2S/c1-20(18(22)15-10-6-3-7-11-15)13-17(21)16(19)12-14-8-4-2-5-9-14;;/h2-11,16-17,21H,12-13,19H2,1H3;1H;1H2/t16-,17+;;/m1../s1. The van der Waals surface area contributed by atoms with Gasteiger partial charge in [-0.3, -0.25) is 4.79 Å². The van der Waals surface area contributed by atoms with E-state index in [-0.39, 0.29) is 38.4 Å². The zero-order chi connectivity index (χ0) is 15.9. The first-order valence-electron chi connectivity index (χ1n) is 7.36. The number of amides is 1. The van der Waals surface area contributed by atoms with Crippen LogP contribution in [0.3, 0.4) is 0 Å². The molecule has 0 spiro atoms. The molecule has 0 fully saturated rings. The number of benzene rings is 2. The van der Waals surface area contributed by atoms with Crippen molar-refractivity contribution in [3.05, 3.63) is 71.8 Å². The molecule has 0 aliphatic rings. The van der Waals surface area contributed by atoms with Crippen LogP contribution in [0, 0.1) is 0 Å². The second-order valence-corrected chi connectivity index (χ2v) is 5.47. The van der Waals surface area contributed by atoms with Crippen LogP contribution in [-0.2, 0) is 6.42 Å². The Morgan fingerprint density at radius 1 is 1.08 bits per heavy atom. The lowest BCUT2D eigenvalue weighted by atomic mass is 10.0. The number of aliphatic hydroxyl groups is 1. The van der Waals surface area contributed by atoms with Crippen LogP contribution < -0.4 is 5.73 Å². The number of rotatable bonds is 6. The molecule has 4 nitrogen and oxygen atoms in total. The number of hydrogen-bond donors (Lipinski definition) is 2. The summed E-state index contributed by atoms with van der Waals surface area (Å²) in [6, 6.07) is 18.4. The van der Waals surface area contributed by atoms with Gasteiger partial charge in [0.25, 0.3) is 5.91 Å². The topological polar surface area (TPSA) is 66.6 Å². The molecule has 2 rings (SSSR count). The largest absolute Gasteiger partial charge is 0.390 e. The minimum atomic E-state index is -0.766. The summed E-state index contributed by atoms with van der Waals surface area (Å²) >= 11 is 0. The van der Waals surface area contributed by atoms with Gasteiger partial charge >= 0.3 is 0 Å². The summed E-state index contributed by atoms with van der Waals surface area (Å²) in [5, 5.41) is 10.2. The second kappa shape index (κ2) is 11.1. The first kappa shape index (κ1) is 22.5. The van der Waals surface area contributed by atoms with E-state index in [9.17, 15) is 9.90 Å². The Bertz CT molecular complexity index is 598. The van der Waals surface area contributed by atoms with Crippen molar-refractivity contribution in [2.45, 2.75) is 18.6 Å². The summed E-state index contributed by atoms with van der Waals surface area (Å²) < 4.78 is 0. The highest BCUT2D eigenvalue weighted by Crippen LogP contribution is 2.08. The van der Waals surface area contributed by atoms with Crippen molar-refractivity contribution in [3.63, 3.8) is 0 Å². The number of halogens is 1. The Hall–Kier alpha value is -1.53. The van der Waals surface area contributed by atoms with Gasteiger partial charge in [0.05, 0.1) is 6.10 Å². The highest BCUT2D eigenvalue weighted by Gasteiger charge is 2.20. The van der Waals surface area contributed by atoms with E-state index in [2.05, 4.69) is 0 Å². The number of likely N-dealkylation sites (N-methyl/N-ethyl adjacent to an activating group) is 1. The lowest BCUT2D eigenvalue weighted by Gasteiger charge is -2.25. The van der Waals surface area contributed by atoms with Gasteiger partial charge in [-0.1, -0.05) is 48.5 Å². The van der Waals surface area contributed by atoms with Crippen molar-refractivity contribution in [1.29, 1.82) is 0 Å². The third kappa shape index (κ3) is 6.53. The molecule has 2 aromatic carbocycles. The molecule has 132 valence electrons. The molecule has 0 radical (unpaired) electrons. The number of carbonyl (C=O) groups excluding carboxylic acids is 1. The molecule has 1 amide bonds. The number of aliphatic hydroxyl groups excluding tert-OH is 1. The van der Waals surface area contributed by atoms with Crippen LogP contribution in [0.4, 0.5) is 0 Å². The van der Waals surface area contributed by atoms with Gasteiger partial charge in [0.2, 0.25) is 0 Å². The van der Waals surface area contributed by atoms with Crippen LogP contribution in [0.15, 0.2) is 60.7 Å². The van der Waals surface area contributed by atoms with Crippen molar-refractivity contribution in [2.75, 3.05) is 13.6 Å². The molecule has 24 heavy (non-hydrogen) atoms. The second-order valence-electron chi connectivity index (χ2n) is 5.47. The summed E-state index contributed by atoms with van der Waals surface area (Å²) in [7, 11) is 1.67. The lowest BCUT2D eigenvalue weighted by Crippen LogP contribution is -2.45. The van der Waals surface area contributed by atoms with Crippen LogP contribution in [-0.4, -0.2) is 41.7 Å². The lowest BCUT2D eigenvalue weighted by molar-refractivity contribution is 0.0636. The van der Waals surface area contributed by atoms with Gasteiger partial charge in [0, 0.05) is 25.2 Å². The molecule has 3 N–H and O–H groups in total. The van der Waals surface area contributed by atoms with Gasteiger partial charge in [0.15, 0.2) is 0 Å². The average molecular weight is 369 g/mol. The summed E-state index contributed by atoms with van der Waals surface area (Å²) in [5.41, 5.74) is 7.73. The minimum absolute atomic E-state index is 0. The molecule has 6 heteroatoms. The van der Waals surface area contributed by atoms with Crippen LogP contribution in [0.5, 0.6) is 0 Å². The van der Waals surface area contributed by atoms with Crippen molar-refractivity contribution >= 4 is 31.8 Å². The molecule has 0 saturated heterocycles. The van der Waals surface area contributed by atoms with Crippen LogP contribution in [0.25, 0.3) is 0 Å². The van der Waals surface area contributed by atoms with Crippen molar-refractivity contribution in [2.24, 2.45) is 5.73 Å². The summed E-state index contributed by atoms with van der Waals surface area (Å²) in [6.45, 7) is 0.210. The zero-order valence-electron chi connectivity index (χ0n) is 13.6. The van der Waals surface area contributed by atoms with Gasteiger partial charge < -0.3 is 15.7 Å². The summed E-state index contributed by atoms with van der Waals surface area (Å²) in [4.78, 5) is 13.7. The third-order valence-electron chi connectivity index (χ3n) is 3.64. The van der Waals surface area contributed by atoms with Crippen molar-refractivity contribution in [3.8, 4) is 0 Å². The molecular weight excluding hydrogens is 344 g/mol. The molecular formula is C18H25ClN2O2S. The Kier molecular flexibility index (Phi) is 10.4. The molecule has 0 heterocycles. The van der Waals surface area contributed by atoms with Gasteiger partial charge in [0.1, 0.15) is 0 Å². The van der Waals surface area contributed by atoms with Crippen LogP contribution in [0.2, 0.25) is 0 Å². The molecule has 2 atom stereocenters. The fourth-order valence-corrected chi connectivity index (χ4v) is 2.32. The smallest absolute Gasteiger partial charge is 0.253 e. The van der Waals surface area contributed by atoms with Crippen LogP contribution in [0.1, 0.15) is 15.9 Å². The Labute approximate surface area is 156 Å². The fraction of sp³-hybridized carbons (Fsp3) is 0.278. The Morgan fingerprint density at radius 2 is 1.58 bits per heavy atom. The normalized spacial score (nSPS) is 12.3. The van der Waals surface area contributed by atoms with Gasteiger partial charge in [-0.25, -0.2) is 0 Å². The molecule has 0 unspecified atom stereocenters. The predicted octanol–water partition coefficient (Wildman–Crippen LogP) is 2.22. The fourth-order valence-electron chi connectivity index (χ4n) is 2.32. The average Bonchev–Trinajstić information content (AvgIpc) is 2.55.